The van der Waals surface area contributed by atoms with Crippen molar-refractivity contribution in [2.45, 2.75) is 309 Å². The Morgan fingerprint density at radius 1 is 0.438 bits per heavy atom. The molecule has 0 fully saturated rings. The van der Waals surface area contributed by atoms with Gasteiger partial charge in [-0.15, -0.1) is 0 Å². The molecule has 2 unspecified atom stereocenters. The van der Waals surface area contributed by atoms with Crippen LogP contribution in [0, 0.1) is 0 Å². The number of hydrogen-bond acceptors (Lipinski definition) is 5. The summed E-state index contributed by atoms with van der Waals surface area (Å²) in [6.45, 7) is 4.87. The zero-order chi connectivity index (χ0) is 46.5. The number of hydrogen-bond donors (Lipinski definition) is 3. The Hall–Kier alpha value is -1.92. The van der Waals surface area contributed by atoms with Gasteiger partial charge in [0.2, 0.25) is 5.91 Å². The average Bonchev–Trinajstić information content (AvgIpc) is 3.29. The molecule has 6 heteroatoms. The number of amides is 1. The first-order valence-electron chi connectivity index (χ1n) is 28.3. The quantitative estimate of drug-likeness (QED) is 0.0321. The van der Waals surface area contributed by atoms with Gasteiger partial charge in [0.1, 0.15) is 0 Å². The van der Waals surface area contributed by atoms with Crippen LogP contribution in [0.1, 0.15) is 296 Å². The van der Waals surface area contributed by atoms with Gasteiger partial charge in [0.15, 0.2) is 0 Å². The molecule has 0 aliphatic carbocycles. The van der Waals surface area contributed by atoms with E-state index in [-0.39, 0.29) is 18.5 Å². The number of aliphatic hydroxyl groups excluding tert-OH is 2. The summed E-state index contributed by atoms with van der Waals surface area (Å²) >= 11 is 0. The van der Waals surface area contributed by atoms with Crippen molar-refractivity contribution in [3.63, 3.8) is 0 Å². The van der Waals surface area contributed by atoms with Gasteiger partial charge < -0.3 is 20.3 Å². The molecule has 0 saturated heterocycles. The van der Waals surface area contributed by atoms with Crippen LogP contribution >= 0.6 is 0 Å². The van der Waals surface area contributed by atoms with Gasteiger partial charge in [0, 0.05) is 12.8 Å². The molecule has 64 heavy (non-hydrogen) atoms. The smallest absolute Gasteiger partial charge is 0.305 e. The number of ether oxygens (including phenoxy) is 1. The number of aliphatic hydroxyl groups is 2. The lowest BCUT2D eigenvalue weighted by Crippen LogP contribution is -2.45. The first-order valence-corrected chi connectivity index (χ1v) is 28.3. The molecular formula is C58H109NO5. The maximum absolute atomic E-state index is 12.5. The molecule has 0 spiro atoms. The Balaban J connectivity index is 3.53. The molecule has 2 atom stereocenters. The fraction of sp³-hybridized carbons (Fsp3) is 0.862. The van der Waals surface area contributed by atoms with E-state index in [1.807, 2.05) is 6.08 Å². The van der Waals surface area contributed by atoms with E-state index in [9.17, 15) is 19.8 Å². The van der Waals surface area contributed by atoms with Crippen LogP contribution in [0.5, 0.6) is 0 Å². The van der Waals surface area contributed by atoms with Crippen molar-refractivity contribution in [2.24, 2.45) is 0 Å². The number of allylic oxidation sites excluding steroid dienone is 5. The van der Waals surface area contributed by atoms with Crippen molar-refractivity contribution in [1.82, 2.24) is 5.32 Å². The molecule has 0 aromatic heterocycles. The zero-order valence-electron chi connectivity index (χ0n) is 42.8. The van der Waals surface area contributed by atoms with E-state index in [0.717, 1.165) is 83.5 Å². The number of unbranched alkanes of at least 4 members (excludes halogenated alkanes) is 37. The number of rotatable bonds is 52. The highest BCUT2D eigenvalue weighted by atomic mass is 16.5. The van der Waals surface area contributed by atoms with E-state index in [4.69, 9.17) is 4.74 Å². The lowest BCUT2D eigenvalue weighted by molar-refractivity contribution is -0.143. The Labute approximate surface area is 398 Å². The summed E-state index contributed by atoms with van der Waals surface area (Å²) in [5.41, 5.74) is 0. The predicted molar refractivity (Wildman–Crippen MR) is 278 cm³/mol. The van der Waals surface area contributed by atoms with Crippen LogP contribution in [0.25, 0.3) is 0 Å². The average molecular weight is 901 g/mol. The molecule has 1 amide bonds. The first kappa shape index (κ1) is 62.1. The number of carbonyl (C=O) groups is 2. The van der Waals surface area contributed by atoms with Gasteiger partial charge >= 0.3 is 5.97 Å². The Bertz CT molecular complexity index is 1040. The topological polar surface area (TPSA) is 95.9 Å². The molecule has 376 valence electrons. The third-order valence-electron chi connectivity index (χ3n) is 12.9. The Morgan fingerprint density at radius 3 is 1.19 bits per heavy atom. The lowest BCUT2D eigenvalue weighted by Gasteiger charge is -2.20. The van der Waals surface area contributed by atoms with Crippen molar-refractivity contribution in [1.29, 1.82) is 0 Å². The normalized spacial score (nSPS) is 12.9. The zero-order valence-corrected chi connectivity index (χ0v) is 42.8. The minimum Gasteiger partial charge on any atom is -0.466 e. The van der Waals surface area contributed by atoms with Crippen LogP contribution in [0.15, 0.2) is 36.5 Å². The molecule has 0 aliphatic rings. The van der Waals surface area contributed by atoms with E-state index in [1.165, 1.54) is 186 Å². The van der Waals surface area contributed by atoms with Crippen molar-refractivity contribution in [3.05, 3.63) is 36.5 Å². The van der Waals surface area contributed by atoms with Crippen LogP contribution in [-0.2, 0) is 14.3 Å². The minimum absolute atomic E-state index is 0.0151. The van der Waals surface area contributed by atoms with Gasteiger partial charge in [-0.3, -0.25) is 9.59 Å². The van der Waals surface area contributed by atoms with Gasteiger partial charge in [0.05, 0.1) is 25.4 Å². The third kappa shape index (κ3) is 49.5. The van der Waals surface area contributed by atoms with Gasteiger partial charge in [-0.2, -0.15) is 0 Å². The molecule has 0 aromatic carbocycles. The highest BCUT2D eigenvalue weighted by Gasteiger charge is 2.18. The summed E-state index contributed by atoms with van der Waals surface area (Å²) in [5.74, 6) is -0.0982. The van der Waals surface area contributed by atoms with Gasteiger partial charge in [0.25, 0.3) is 0 Å². The maximum Gasteiger partial charge on any atom is 0.305 e. The van der Waals surface area contributed by atoms with Gasteiger partial charge in [-0.1, -0.05) is 249 Å². The van der Waals surface area contributed by atoms with Crippen molar-refractivity contribution in [3.8, 4) is 0 Å². The number of nitrogens with one attached hydrogen (secondary N) is 1. The van der Waals surface area contributed by atoms with E-state index in [0.29, 0.717) is 19.4 Å². The second-order valence-corrected chi connectivity index (χ2v) is 19.3. The van der Waals surface area contributed by atoms with Gasteiger partial charge in [-0.25, -0.2) is 0 Å². The second kappa shape index (κ2) is 53.7. The molecular weight excluding hydrogens is 791 g/mol. The van der Waals surface area contributed by atoms with E-state index < -0.39 is 12.1 Å². The van der Waals surface area contributed by atoms with Gasteiger partial charge in [-0.05, 0) is 70.6 Å². The van der Waals surface area contributed by atoms with Crippen molar-refractivity contribution < 1.29 is 24.5 Å². The number of esters is 1. The Kier molecular flexibility index (Phi) is 52.1. The molecule has 0 aromatic rings. The fourth-order valence-corrected chi connectivity index (χ4v) is 8.55. The lowest BCUT2D eigenvalue weighted by atomic mass is 10.0. The van der Waals surface area contributed by atoms with Crippen LogP contribution in [-0.4, -0.2) is 47.4 Å². The van der Waals surface area contributed by atoms with E-state index in [1.54, 1.807) is 6.08 Å². The van der Waals surface area contributed by atoms with Crippen LogP contribution in [0.2, 0.25) is 0 Å². The van der Waals surface area contributed by atoms with E-state index >= 15 is 0 Å². The highest BCUT2D eigenvalue weighted by Crippen LogP contribution is 2.16. The van der Waals surface area contributed by atoms with Crippen LogP contribution < -0.4 is 5.32 Å². The molecule has 3 N–H and O–H groups in total. The maximum atomic E-state index is 12.5. The molecule has 0 saturated carbocycles. The summed E-state index contributed by atoms with van der Waals surface area (Å²) in [6.07, 6.45) is 65.9. The summed E-state index contributed by atoms with van der Waals surface area (Å²) in [5, 5.41) is 23.1. The van der Waals surface area contributed by atoms with Crippen molar-refractivity contribution in [2.75, 3.05) is 13.2 Å². The molecule has 0 radical (unpaired) electrons. The van der Waals surface area contributed by atoms with Crippen molar-refractivity contribution >= 4 is 11.9 Å². The van der Waals surface area contributed by atoms with Crippen LogP contribution in [0.3, 0.4) is 0 Å². The third-order valence-corrected chi connectivity index (χ3v) is 12.9. The standard InChI is InChI=1S/C58H109NO5/c1-3-5-7-9-11-13-15-17-18-20-23-27-30-34-38-42-46-50-56(61)55(54-60)59-57(62)51-47-43-39-35-31-28-24-21-19-22-25-29-33-37-41-45-49-53-64-58(63)52-48-44-40-36-32-26-16-14-12-10-8-6-4-2/h19,22,29,33,46,50,55-56,60-61H,3-18,20-21,23-28,30-32,34-45,47-49,51-54H2,1-2H3,(H,59,62)/b22-19-,33-29-,50-46+. The minimum atomic E-state index is -0.855. The van der Waals surface area contributed by atoms with Crippen LogP contribution in [0.4, 0.5) is 0 Å². The SMILES string of the molecule is CCCCCCCCCCCCCCCCC/C=C/C(O)C(CO)NC(=O)CCCCCCCCC/C=C\C/C=C\CCCCCOC(=O)CCCCCCCCCCCCCCC. The number of carbonyl (C=O) groups excluding carboxylic acids is 2. The summed E-state index contributed by atoms with van der Waals surface area (Å²) < 4.78 is 5.44. The van der Waals surface area contributed by atoms with E-state index in [2.05, 4.69) is 43.5 Å². The Morgan fingerprint density at radius 2 is 0.781 bits per heavy atom. The molecule has 0 bridgehead atoms. The predicted octanol–water partition coefficient (Wildman–Crippen LogP) is 17.2. The fourth-order valence-electron chi connectivity index (χ4n) is 8.55. The first-order chi connectivity index (χ1) is 31.5. The molecule has 0 heterocycles. The summed E-state index contributed by atoms with van der Waals surface area (Å²) in [6, 6.07) is -0.640. The molecule has 0 rings (SSSR count). The molecule has 0 aliphatic heterocycles. The molecule has 6 nitrogen and oxygen atoms in total. The summed E-state index contributed by atoms with van der Waals surface area (Å²) in [4.78, 5) is 24.5. The summed E-state index contributed by atoms with van der Waals surface area (Å²) in [7, 11) is 0. The highest BCUT2D eigenvalue weighted by molar-refractivity contribution is 5.76. The monoisotopic (exact) mass is 900 g/mol. The second-order valence-electron chi connectivity index (χ2n) is 19.3. The largest absolute Gasteiger partial charge is 0.466 e.